The van der Waals surface area contributed by atoms with Gasteiger partial charge in [-0.05, 0) is 142 Å². The van der Waals surface area contributed by atoms with Crippen LogP contribution < -0.4 is 0 Å². The Morgan fingerprint density at radius 2 is 1.49 bits per heavy atom. The molecule has 5 rings (SSSR count). The molecule has 1 saturated heterocycles. The van der Waals surface area contributed by atoms with Crippen LogP contribution in [-0.4, -0.2) is 64.7 Å². The Morgan fingerprint density at radius 1 is 0.803 bits per heavy atom. The van der Waals surface area contributed by atoms with Gasteiger partial charge in [0.2, 0.25) is 0 Å². The molecular weight excluding hydrogens is 761 g/mol. The van der Waals surface area contributed by atoms with Gasteiger partial charge < -0.3 is 29.5 Å². The molecular formula is C54H90O7. The molecule has 5 aliphatic rings. The maximum absolute atomic E-state index is 12.6. The number of esters is 1. The van der Waals surface area contributed by atoms with Crippen LogP contribution in [0, 0.1) is 52.3 Å². The lowest BCUT2D eigenvalue weighted by Crippen LogP contribution is -2.60. The van der Waals surface area contributed by atoms with Gasteiger partial charge in [0.25, 0.3) is 0 Å². The predicted octanol–water partition coefficient (Wildman–Crippen LogP) is 12.4. The van der Waals surface area contributed by atoms with Crippen LogP contribution in [0.1, 0.15) is 190 Å². The van der Waals surface area contributed by atoms with Crippen molar-refractivity contribution < 1.29 is 34.3 Å². The van der Waals surface area contributed by atoms with Crippen molar-refractivity contribution in [3.05, 3.63) is 48.1 Å². The second kappa shape index (κ2) is 24.5. The summed E-state index contributed by atoms with van der Waals surface area (Å²) in [4.78, 5) is 12.6. The Bertz CT molecular complexity index is 1430. The monoisotopic (exact) mass is 851 g/mol. The molecule has 7 nitrogen and oxygen atoms in total. The molecule has 4 fully saturated rings. The average Bonchev–Trinajstić information content (AvgIpc) is 3.60. The van der Waals surface area contributed by atoms with Crippen molar-refractivity contribution in [3.63, 3.8) is 0 Å². The van der Waals surface area contributed by atoms with E-state index in [-0.39, 0.29) is 24.1 Å². The number of carbonyl (C=O) groups excluding carboxylic acids is 1. The third kappa shape index (κ3) is 13.4. The standard InChI is InChI=1S/C54H90O7/c1-8-9-10-11-12-13-14-15-16-17-18-19-20-21-22-23-24-25-48(55)59-37-47-49(56)50(57)51(58)52(61-47)60-42-32-34-53(6)41(36-42)28-29-43-45-31-30-44(54(45,7)35-33-46(43)53)40(5)27-26-39(4)38(2)3/h12-13,15-16,26-28,38-40,42-47,49-52,56-58H,8-11,14,17-25,29-37H2,1-7H3/b13-12-,16-15-,27-26+. The number of hydrogen-bond donors (Lipinski definition) is 3. The van der Waals surface area contributed by atoms with E-state index in [0.717, 1.165) is 75.5 Å². The van der Waals surface area contributed by atoms with Crippen LogP contribution in [0.4, 0.5) is 0 Å². The van der Waals surface area contributed by atoms with Crippen molar-refractivity contribution in [1.29, 1.82) is 0 Å². The molecule has 0 aromatic heterocycles. The lowest BCUT2D eigenvalue weighted by molar-refractivity contribution is -0.313. The first kappa shape index (κ1) is 50.2. The van der Waals surface area contributed by atoms with Gasteiger partial charge in [-0.25, -0.2) is 0 Å². The van der Waals surface area contributed by atoms with Crippen LogP contribution in [0.25, 0.3) is 0 Å². The van der Waals surface area contributed by atoms with Crippen molar-refractivity contribution in [3.8, 4) is 0 Å². The molecule has 14 atom stereocenters. The maximum Gasteiger partial charge on any atom is 0.305 e. The number of unbranched alkanes of at least 4 members (excludes halogenated alkanes) is 10. The number of allylic oxidation sites excluding steroid dienone is 7. The third-order valence-electron chi connectivity index (χ3n) is 16.8. The highest BCUT2D eigenvalue weighted by Gasteiger charge is 2.59. The SMILES string of the molecule is CCCCC/C=C\C/C=C\CCCCCCCCCC(=O)OCC1OC(OC2CCC3(C)C(=CCC4C3CCC3(C)C(C(C)/C=C/C(C)C(C)C)CCC43)C2)C(O)C(O)C1O. The molecule has 1 heterocycles. The molecule has 348 valence electrons. The van der Waals surface area contributed by atoms with Gasteiger partial charge in [-0.3, -0.25) is 4.79 Å². The molecule has 0 bridgehead atoms. The predicted molar refractivity (Wildman–Crippen MR) is 249 cm³/mol. The molecule has 4 aliphatic carbocycles. The largest absolute Gasteiger partial charge is 0.463 e. The van der Waals surface area contributed by atoms with E-state index in [1.165, 1.54) is 82.6 Å². The highest BCUT2D eigenvalue weighted by Crippen LogP contribution is 2.67. The quantitative estimate of drug-likeness (QED) is 0.0504. The van der Waals surface area contributed by atoms with Gasteiger partial charge in [-0.15, -0.1) is 0 Å². The molecule has 0 amide bonds. The summed E-state index contributed by atoms with van der Waals surface area (Å²) in [5.41, 5.74) is 2.04. The topological polar surface area (TPSA) is 105 Å². The van der Waals surface area contributed by atoms with Gasteiger partial charge in [-0.2, -0.15) is 0 Å². The first-order chi connectivity index (χ1) is 29.3. The molecule has 0 aromatic rings. The van der Waals surface area contributed by atoms with Crippen LogP contribution in [0.3, 0.4) is 0 Å². The summed E-state index contributed by atoms with van der Waals surface area (Å²) >= 11 is 0. The Balaban J connectivity index is 1.000. The zero-order valence-electron chi connectivity index (χ0n) is 39.8. The molecule has 0 spiro atoms. The number of hydrogen-bond acceptors (Lipinski definition) is 7. The van der Waals surface area contributed by atoms with Crippen LogP contribution in [-0.2, 0) is 19.0 Å². The van der Waals surface area contributed by atoms with Gasteiger partial charge in [0, 0.05) is 6.42 Å². The summed E-state index contributed by atoms with van der Waals surface area (Å²) in [5, 5.41) is 32.5. The lowest BCUT2D eigenvalue weighted by atomic mass is 9.47. The van der Waals surface area contributed by atoms with Crippen molar-refractivity contribution in [2.75, 3.05) is 6.61 Å². The van der Waals surface area contributed by atoms with E-state index in [9.17, 15) is 20.1 Å². The van der Waals surface area contributed by atoms with Crippen molar-refractivity contribution in [2.24, 2.45) is 52.3 Å². The fraction of sp³-hybridized carbons (Fsp3) is 0.833. The van der Waals surface area contributed by atoms with E-state index in [0.29, 0.717) is 35.5 Å². The summed E-state index contributed by atoms with van der Waals surface area (Å²) < 4.78 is 18.0. The zero-order valence-corrected chi connectivity index (χ0v) is 39.8. The van der Waals surface area contributed by atoms with Crippen molar-refractivity contribution in [2.45, 2.75) is 227 Å². The number of ether oxygens (including phenoxy) is 3. The second-order valence-corrected chi connectivity index (χ2v) is 21.2. The normalized spacial score (nSPS) is 36.3. The number of aliphatic hydroxyl groups excluding tert-OH is 3. The Morgan fingerprint density at radius 3 is 2.20 bits per heavy atom. The highest BCUT2D eigenvalue weighted by atomic mass is 16.7. The van der Waals surface area contributed by atoms with E-state index in [1.54, 1.807) is 0 Å². The van der Waals surface area contributed by atoms with Gasteiger partial charge in [0.05, 0.1) is 6.10 Å². The minimum Gasteiger partial charge on any atom is -0.463 e. The zero-order chi connectivity index (χ0) is 44.0. The maximum atomic E-state index is 12.6. The summed E-state index contributed by atoms with van der Waals surface area (Å²) in [5.74, 6) is 4.53. The average molecular weight is 851 g/mol. The molecule has 61 heavy (non-hydrogen) atoms. The number of fused-ring (bicyclic) bond motifs is 5. The minimum atomic E-state index is -1.45. The first-order valence-electron chi connectivity index (χ1n) is 25.5. The van der Waals surface area contributed by atoms with Gasteiger partial charge in [0.15, 0.2) is 6.29 Å². The molecule has 3 N–H and O–H groups in total. The number of aliphatic hydroxyl groups is 3. The summed E-state index contributed by atoms with van der Waals surface area (Å²) in [6.07, 6.45) is 34.8. The molecule has 7 heteroatoms. The highest BCUT2D eigenvalue weighted by molar-refractivity contribution is 5.69. The van der Waals surface area contributed by atoms with E-state index < -0.39 is 30.7 Å². The Hall–Kier alpha value is -1.77. The molecule has 3 saturated carbocycles. The fourth-order valence-corrected chi connectivity index (χ4v) is 12.4. The van der Waals surface area contributed by atoms with Gasteiger partial charge >= 0.3 is 5.97 Å². The van der Waals surface area contributed by atoms with E-state index in [2.05, 4.69) is 91.0 Å². The third-order valence-corrected chi connectivity index (χ3v) is 16.8. The van der Waals surface area contributed by atoms with Gasteiger partial charge in [-0.1, -0.05) is 142 Å². The number of rotatable bonds is 24. The Labute approximate surface area is 372 Å². The van der Waals surface area contributed by atoms with E-state index in [1.807, 2.05) is 0 Å². The van der Waals surface area contributed by atoms with Crippen LogP contribution in [0.5, 0.6) is 0 Å². The van der Waals surface area contributed by atoms with Crippen molar-refractivity contribution >= 4 is 5.97 Å². The second-order valence-electron chi connectivity index (χ2n) is 21.2. The summed E-state index contributed by atoms with van der Waals surface area (Å²) in [6, 6.07) is 0. The van der Waals surface area contributed by atoms with Crippen LogP contribution in [0.2, 0.25) is 0 Å². The van der Waals surface area contributed by atoms with E-state index in [4.69, 9.17) is 14.2 Å². The minimum absolute atomic E-state index is 0.152. The molecule has 0 radical (unpaired) electrons. The lowest BCUT2D eigenvalue weighted by Gasteiger charge is -2.58. The smallest absolute Gasteiger partial charge is 0.305 e. The first-order valence-corrected chi connectivity index (χ1v) is 25.5. The van der Waals surface area contributed by atoms with E-state index >= 15 is 0 Å². The summed E-state index contributed by atoms with van der Waals surface area (Å²) in [6.45, 7) is 16.6. The molecule has 14 unspecified atom stereocenters. The van der Waals surface area contributed by atoms with Crippen LogP contribution >= 0.6 is 0 Å². The Kier molecular flexibility index (Phi) is 20.2. The summed E-state index contributed by atoms with van der Waals surface area (Å²) in [7, 11) is 0. The van der Waals surface area contributed by atoms with Crippen molar-refractivity contribution in [1.82, 2.24) is 0 Å². The van der Waals surface area contributed by atoms with Crippen LogP contribution in [0.15, 0.2) is 48.1 Å². The number of carbonyl (C=O) groups is 1. The molecule has 1 aliphatic heterocycles. The van der Waals surface area contributed by atoms with Gasteiger partial charge in [0.1, 0.15) is 31.0 Å². The fourth-order valence-electron chi connectivity index (χ4n) is 12.4. The molecule has 0 aromatic carbocycles.